The van der Waals surface area contributed by atoms with Crippen LogP contribution in [0, 0.1) is 6.92 Å². The molecule has 0 saturated heterocycles. The maximum Gasteiger partial charge on any atom is 0.276 e. The number of carbonyl (C=O) groups is 2. The SMILES string of the molecule is Cc1ccc(OCC(=O)NC(=S)NNC(=O)COc2ccccc2)c(Br)c1. The van der Waals surface area contributed by atoms with Crippen LogP contribution in [-0.2, 0) is 9.59 Å². The summed E-state index contributed by atoms with van der Waals surface area (Å²) in [6, 6.07) is 14.4. The number of ether oxygens (including phenoxy) is 2. The second-order valence-corrected chi connectivity index (χ2v) is 6.64. The fourth-order valence-corrected chi connectivity index (χ4v) is 2.66. The van der Waals surface area contributed by atoms with Crippen LogP contribution in [0.25, 0.3) is 0 Å². The Kier molecular flexibility index (Phi) is 8.02. The third kappa shape index (κ3) is 7.63. The predicted molar refractivity (Wildman–Crippen MR) is 108 cm³/mol. The number of carbonyl (C=O) groups excluding carboxylic acids is 2. The first-order chi connectivity index (χ1) is 12.9. The van der Waals surface area contributed by atoms with Gasteiger partial charge in [0, 0.05) is 0 Å². The predicted octanol–water partition coefficient (Wildman–Crippen LogP) is 2.24. The Hall–Kier alpha value is -2.65. The minimum Gasteiger partial charge on any atom is -0.484 e. The van der Waals surface area contributed by atoms with Crippen molar-refractivity contribution in [2.45, 2.75) is 6.92 Å². The van der Waals surface area contributed by atoms with Gasteiger partial charge in [-0.3, -0.25) is 25.8 Å². The number of rotatable bonds is 6. The summed E-state index contributed by atoms with van der Waals surface area (Å²) in [5, 5.41) is 2.34. The summed E-state index contributed by atoms with van der Waals surface area (Å²) in [5.41, 5.74) is 5.82. The van der Waals surface area contributed by atoms with E-state index < -0.39 is 11.8 Å². The van der Waals surface area contributed by atoms with Crippen molar-refractivity contribution in [3.8, 4) is 11.5 Å². The molecule has 27 heavy (non-hydrogen) atoms. The van der Waals surface area contributed by atoms with Crippen LogP contribution in [0.4, 0.5) is 0 Å². The van der Waals surface area contributed by atoms with Crippen LogP contribution < -0.4 is 25.6 Å². The van der Waals surface area contributed by atoms with Crippen LogP contribution in [0.2, 0.25) is 0 Å². The summed E-state index contributed by atoms with van der Waals surface area (Å²) in [7, 11) is 0. The Morgan fingerprint density at radius 1 is 1.00 bits per heavy atom. The molecule has 0 fully saturated rings. The van der Waals surface area contributed by atoms with Gasteiger partial charge in [0.05, 0.1) is 4.47 Å². The van der Waals surface area contributed by atoms with Crippen LogP contribution in [0.15, 0.2) is 53.0 Å². The molecule has 2 rings (SSSR count). The molecule has 2 aromatic carbocycles. The topological polar surface area (TPSA) is 88.7 Å². The third-order valence-corrected chi connectivity index (χ3v) is 3.95. The summed E-state index contributed by atoms with van der Waals surface area (Å²) in [5.74, 6) is 0.203. The smallest absolute Gasteiger partial charge is 0.276 e. The van der Waals surface area contributed by atoms with Gasteiger partial charge >= 0.3 is 0 Å². The first-order valence-electron chi connectivity index (χ1n) is 7.89. The van der Waals surface area contributed by atoms with Gasteiger partial charge < -0.3 is 9.47 Å². The lowest BCUT2D eigenvalue weighted by Crippen LogP contribution is -2.50. The highest BCUT2D eigenvalue weighted by Crippen LogP contribution is 2.25. The normalized spacial score (nSPS) is 9.85. The Morgan fingerprint density at radius 3 is 2.41 bits per heavy atom. The van der Waals surface area contributed by atoms with E-state index in [9.17, 15) is 9.59 Å². The van der Waals surface area contributed by atoms with E-state index in [0.717, 1.165) is 10.0 Å². The summed E-state index contributed by atoms with van der Waals surface area (Å²) in [6.45, 7) is 1.53. The van der Waals surface area contributed by atoms with E-state index in [1.807, 2.05) is 25.1 Å². The first kappa shape index (κ1) is 20.7. The highest BCUT2D eigenvalue weighted by atomic mass is 79.9. The molecule has 2 amide bonds. The first-order valence-corrected chi connectivity index (χ1v) is 9.09. The van der Waals surface area contributed by atoms with Crippen LogP contribution in [0.1, 0.15) is 5.56 Å². The average molecular weight is 452 g/mol. The van der Waals surface area contributed by atoms with E-state index in [0.29, 0.717) is 11.5 Å². The zero-order valence-electron chi connectivity index (χ0n) is 14.5. The fraction of sp³-hybridized carbons (Fsp3) is 0.167. The van der Waals surface area contributed by atoms with Crippen molar-refractivity contribution in [3.63, 3.8) is 0 Å². The molecule has 7 nitrogen and oxygen atoms in total. The fourth-order valence-electron chi connectivity index (χ4n) is 1.89. The minimum absolute atomic E-state index is 0.0559. The van der Waals surface area contributed by atoms with E-state index in [2.05, 4.69) is 32.1 Å². The van der Waals surface area contributed by atoms with E-state index in [4.69, 9.17) is 21.7 Å². The number of hydrazine groups is 1. The summed E-state index contributed by atoms with van der Waals surface area (Å²) >= 11 is 8.30. The zero-order valence-corrected chi connectivity index (χ0v) is 16.9. The molecule has 0 heterocycles. The van der Waals surface area contributed by atoms with Crippen molar-refractivity contribution in [2.24, 2.45) is 0 Å². The van der Waals surface area contributed by atoms with Gasteiger partial charge in [0.15, 0.2) is 18.3 Å². The molecular weight excluding hydrogens is 434 g/mol. The molecule has 0 saturated carbocycles. The number of para-hydroxylation sites is 1. The molecule has 0 spiro atoms. The highest BCUT2D eigenvalue weighted by Gasteiger charge is 2.09. The molecule has 142 valence electrons. The minimum atomic E-state index is -0.463. The molecular formula is C18H18BrN3O4S. The van der Waals surface area contributed by atoms with E-state index in [-0.39, 0.29) is 18.3 Å². The standard InChI is InChI=1S/C18H18BrN3O4S/c1-12-7-8-15(14(19)9-12)26-10-16(23)20-18(27)22-21-17(24)11-25-13-5-3-2-4-6-13/h2-9H,10-11H2,1H3,(H,21,24)(H2,20,22,23,27). The van der Waals surface area contributed by atoms with Crippen LogP contribution in [0.5, 0.6) is 11.5 Å². The second-order valence-electron chi connectivity index (χ2n) is 5.37. The van der Waals surface area contributed by atoms with Gasteiger partial charge in [-0.05, 0) is 64.9 Å². The Balaban J connectivity index is 1.65. The molecule has 9 heteroatoms. The zero-order chi connectivity index (χ0) is 19.6. The molecule has 0 atom stereocenters. The van der Waals surface area contributed by atoms with Gasteiger partial charge in [0.1, 0.15) is 11.5 Å². The number of aryl methyl sites for hydroxylation is 1. The summed E-state index contributed by atoms with van der Waals surface area (Å²) in [6.07, 6.45) is 0. The molecule has 0 radical (unpaired) electrons. The number of hydrogen-bond acceptors (Lipinski definition) is 5. The number of amides is 2. The Morgan fingerprint density at radius 2 is 1.70 bits per heavy atom. The largest absolute Gasteiger partial charge is 0.484 e. The molecule has 0 bridgehead atoms. The van der Waals surface area contributed by atoms with Gasteiger partial charge in [0.25, 0.3) is 11.8 Å². The molecule has 0 unspecified atom stereocenters. The highest BCUT2D eigenvalue weighted by molar-refractivity contribution is 9.10. The maximum atomic E-state index is 11.8. The quantitative estimate of drug-likeness (QED) is 0.460. The van der Waals surface area contributed by atoms with Crippen molar-refractivity contribution in [3.05, 3.63) is 58.6 Å². The van der Waals surface area contributed by atoms with E-state index in [1.54, 1.807) is 30.3 Å². The van der Waals surface area contributed by atoms with E-state index in [1.165, 1.54) is 0 Å². The van der Waals surface area contributed by atoms with Gasteiger partial charge in [-0.2, -0.15) is 0 Å². The molecule has 3 N–H and O–H groups in total. The van der Waals surface area contributed by atoms with Crippen molar-refractivity contribution < 1.29 is 19.1 Å². The molecule has 0 aliphatic carbocycles. The lowest BCUT2D eigenvalue weighted by molar-refractivity contribution is -0.124. The van der Waals surface area contributed by atoms with Crippen LogP contribution >= 0.6 is 28.1 Å². The average Bonchev–Trinajstić information content (AvgIpc) is 2.65. The molecule has 0 aliphatic rings. The van der Waals surface area contributed by atoms with Crippen molar-refractivity contribution >= 4 is 45.1 Å². The number of hydrogen-bond donors (Lipinski definition) is 3. The van der Waals surface area contributed by atoms with Gasteiger partial charge in [-0.25, -0.2) is 0 Å². The number of thiocarbonyl (C=S) groups is 1. The number of benzene rings is 2. The molecule has 0 aromatic heterocycles. The third-order valence-electron chi connectivity index (χ3n) is 3.13. The number of nitrogens with one attached hydrogen (secondary N) is 3. The van der Waals surface area contributed by atoms with Crippen molar-refractivity contribution in [1.82, 2.24) is 16.2 Å². The lowest BCUT2D eigenvalue weighted by Gasteiger charge is -2.12. The van der Waals surface area contributed by atoms with Gasteiger partial charge in [-0.1, -0.05) is 24.3 Å². The second kappa shape index (κ2) is 10.5. The van der Waals surface area contributed by atoms with Gasteiger partial charge in [0.2, 0.25) is 0 Å². The molecule has 0 aliphatic heterocycles. The summed E-state index contributed by atoms with van der Waals surface area (Å²) < 4.78 is 11.4. The Labute approximate surface area is 170 Å². The van der Waals surface area contributed by atoms with Crippen LogP contribution in [0.3, 0.4) is 0 Å². The monoisotopic (exact) mass is 451 g/mol. The van der Waals surface area contributed by atoms with Crippen molar-refractivity contribution in [1.29, 1.82) is 0 Å². The van der Waals surface area contributed by atoms with Crippen molar-refractivity contribution in [2.75, 3.05) is 13.2 Å². The lowest BCUT2D eigenvalue weighted by atomic mass is 10.2. The summed E-state index contributed by atoms with van der Waals surface area (Å²) in [4.78, 5) is 23.5. The number of halogens is 1. The Bertz CT molecular complexity index is 818. The maximum absolute atomic E-state index is 11.8. The van der Waals surface area contributed by atoms with E-state index >= 15 is 0 Å². The van der Waals surface area contributed by atoms with Crippen LogP contribution in [-0.4, -0.2) is 30.1 Å². The van der Waals surface area contributed by atoms with Gasteiger partial charge in [-0.15, -0.1) is 0 Å². The molecule has 2 aromatic rings.